The number of amides is 1. The van der Waals surface area contributed by atoms with Crippen LogP contribution in [-0.4, -0.2) is 31.3 Å². The number of fused-ring (bicyclic) bond motifs is 1. The number of aromatic nitrogens is 1. The number of rotatable bonds is 4. The lowest BCUT2D eigenvalue weighted by Crippen LogP contribution is -2.29. The molecule has 0 saturated heterocycles. The van der Waals surface area contributed by atoms with Gasteiger partial charge in [0, 0.05) is 37.2 Å². The molecule has 0 unspecified atom stereocenters. The molecule has 0 fully saturated rings. The van der Waals surface area contributed by atoms with Gasteiger partial charge >= 0.3 is 0 Å². The highest BCUT2D eigenvalue weighted by molar-refractivity contribution is 7.90. The van der Waals surface area contributed by atoms with Crippen LogP contribution in [0, 0.1) is 0 Å². The third-order valence-corrected chi connectivity index (χ3v) is 6.31. The number of carbonyl (C=O) groups excluding carboxylic acids is 1. The minimum absolute atomic E-state index is 0.0173. The molecule has 2 heterocycles. The summed E-state index contributed by atoms with van der Waals surface area (Å²) in [5.74, 6) is -0.0531. The number of nitrogens with one attached hydrogen (secondary N) is 2. The van der Waals surface area contributed by atoms with Gasteiger partial charge in [-0.2, -0.15) is 0 Å². The second-order valence-electron chi connectivity index (χ2n) is 6.99. The lowest BCUT2D eigenvalue weighted by atomic mass is 10.1. The lowest BCUT2D eigenvalue weighted by molar-refractivity contribution is 0.102. The van der Waals surface area contributed by atoms with Gasteiger partial charge in [0.25, 0.3) is 21.5 Å². The SMILES string of the molecule is Cn1c(=O)cc(C(=O)Nc2cccc(S(=O)(=O)NC3=NCCC3)c2)c2ccccc21. The Bertz CT molecular complexity index is 1340. The van der Waals surface area contributed by atoms with E-state index in [-0.39, 0.29) is 16.0 Å². The Kier molecular flexibility index (Phi) is 5.13. The van der Waals surface area contributed by atoms with E-state index in [4.69, 9.17) is 0 Å². The van der Waals surface area contributed by atoms with Crippen LogP contribution in [0.4, 0.5) is 5.69 Å². The molecule has 1 aliphatic heterocycles. The van der Waals surface area contributed by atoms with E-state index in [0.29, 0.717) is 35.4 Å². The van der Waals surface area contributed by atoms with Crippen LogP contribution in [0.1, 0.15) is 23.2 Å². The quantitative estimate of drug-likeness (QED) is 0.669. The number of anilines is 1. The Morgan fingerprint density at radius 1 is 1.10 bits per heavy atom. The van der Waals surface area contributed by atoms with E-state index < -0.39 is 15.9 Å². The van der Waals surface area contributed by atoms with E-state index >= 15 is 0 Å². The fourth-order valence-electron chi connectivity index (χ4n) is 3.37. The van der Waals surface area contributed by atoms with E-state index in [9.17, 15) is 18.0 Å². The van der Waals surface area contributed by atoms with E-state index in [2.05, 4.69) is 15.0 Å². The molecule has 1 aromatic heterocycles. The zero-order chi connectivity index (χ0) is 21.3. The Balaban J connectivity index is 1.64. The van der Waals surface area contributed by atoms with Crippen LogP contribution in [0.15, 0.2) is 69.3 Å². The number of aliphatic imine (C=N–C) groups is 1. The fourth-order valence-corrected chi connectivity index (χ4v) is 4.51. The Hall–Kier alpha value is -3.46. The number of nitrogens with zero attached hydrogens (tertiary/aromatic N) is 2. The summed E-state index contributed by atoms with van der Waals surface area (Å²) in [6.07, 6.45) is 1.41. The van der Waals surface area contributed by atoms with Gasteiger partial charge in [-0.15, -0.1) is 0 Å². The summed E-state index contributed by atoms with van der Waals surface area (Å²) in [4.78, 5) is 29.3. The molecule has 0 spiro atoms. The molecule has 0 radical (unpaired) electrons. The van der Waals surface area contributed by atoms with Crippen LogP contribution in [0.2, 0.25) is 0 Å². The minimum atomic E-state index is -3.80. The average Bonchev–Trinajstić information content (AvgIpc) is 3.23. The van der Waals surface area contributed by atoms with Gasteiger partial charge < -0.3 is 9.88 Å². The normalized spacial score (nSPS) is 13.8. The van der Waals surface area contributed by atoms with Crippen LogP contribution >= 0.6 is 0 Å². The van der Waals surface area contributed by atoms with Gasteiger partial charge in [-0.05, 0) is 30.7 Å². The third kappa shape index (κ3) is 3.84. The molecule has 0 saturated carbocycles. The number of sulfonamides is 1. The number of aryl methyl sites for hydroxylation is 1. The maximum Gasteiger partial charge on any atom is 0.262 e. The number of benzene rings is 2. The van der Waals surface area contributed by atoms with Crippen molar-refractivity contribution in [3.63, 3.8) is 0 Å². The second-order valence-corrected chi connectivity index (χ2v) is 8.67. The average molecular weight is 424 g/mol. The van der Waals surface area contributed by atoms with Crippen molar-refractivity contribution in [1.29, 1.82) is 0 Å². The van der Waals surface area contributed by atoms with Gasteiger partial charge in [0.1, 0.15) is 5.84 Å². The highest BCUT2D eigenvalue weighted by Gasteiger charge is 2.19. The molecule has 4 rings (SSSR count). The van der Waals surface area contributed by atoms with Crippen LogP contribution in [0.25, 0.3) is 10.9 Å². The Morgan fingerprint density at radius 3 is 2.67 bits per heavy atom. The summed E-state index contributed by atoms with van der Waals surface area (Å²) in [5.41, 5.74) is 0.853. The van der Waals surface area contributed by atoms with E-state index in [1.54, 1.807) is 43.4 Å². The molecule has 0 bridgehead atoms. The molecule has 30 heavy (non-hydrogen) atoms. The van der Waals surface area contributed by atoms with E-state index in [1.807, 2.05) is 0 Å². The minimum Gasteiger partial charge on any atom is -0.322 e. The first kappa shape index (κ1) is 19.8. The molecule has 1 aliphatic rings. The Labute approximate surface area is 173 Å². The number of para-hydroxylation sites is 1. The topological polar surface area (TPSA) is 110 Å². The molecule has 2 aromatic carbocycles. The van der Waals surface area contributed by atoms with Gasteiger partial charge in [-0.3, -0.25) is 19.3 Å². The predicted octanol–water partition coefficient (Wildman–Crippen LogP) is 2.26. The number of hydrogen-bond acceptors (Lipinski definition) is 5. The third-order valence-electron chi connectivity index (χ3n) is 4.93. The largest absolute Gasteiger partial charge is 0.322 e. The Morgan fingerprint density at radius 2 is 1.90 bits per heavy atom. The molecule has 8 nitrogen and oxygen atoms in total. The van der Waals surface area contributed by atoms with Crippen LogP contribution < -0.4 is 15.6 Å². The van der Waals surface area contributed by atoms with Crippen LogP contribution in [0.5, 0.6) is 0 Å². The van der Waals surface area contributed by atoms with Gasteiger partial charge in [0.05, 0.1) is 16.0 Å². The molecular weight excluding hydrogens is 404 g/mol. The molecule has 2 N–H and O–H groups in total. The van der Waals surface area contributed by atoms with Gasteiger partial charge in [-0.1, -0.05) is 24.3 Å². The standard InChI is InChI=1S/C21H20N4O4S/c1-25-18-9-3-2-8-16(18)17(13-20(25)26)21(27)23-14-6-4-7-15(12-14)30(28,29)24-19-10-5-11-22-19/h2-4,6-9,12-13H,5,10-11H2,1H3,(H,22,24)(H,23,27). The molecular formula is C21H20N4O4S. The summed E-state index contributed by atoms with van der Waals surface area (Å²) in [6.45, 7) is 0.610. The van der Waals surface area contributed by atoms with Crippen molar-refractivity contribution in [1.82, 2.24) is 9.29 Å². The van der Waals surface area contributed by atoms with Crippen molar-refractivity contribution in [3.05, 3.63) is 70.5 Å². The fraction of sp³-hybridized carbons (Fsp3) is 0.190. The maximum absolute atomic E-state index is 12.9. The van der Waals surface area contributed by atoms with E-state index in [0.717, 1.165) is 6.42 Å². The summed E-state index contributed by atoms with van der Waals surface area (Å²) in [7, 11) is -2.16. The zero-order valence-electron chi connectivity index (χ0n) is 16.3. The molecule has 0 atom stereocenters. The van der Waals surface area contributed by atoms with Crippen molar-refractivity contribution in [3.8, 4) is 0 Å². The summed E-state index contributed by atoms with van der Waals surface area (Å²) < 4.78 is 29.2. The summed E-state index contributed by atoms with van der Waals surface area (Å²) in [6, 6.07) is 14.3. The maximum atomic E-state index is 12.9. The highest BCUT2D eigenvalue weighted by Crippen LogP contribution is 2.20. The van der Waals surface area contributed by atoms with Crippen LogP contribution in [0.3, 0.4) is 0 Å². The molecule has 3 aromatic rings. The first-order valence-electron chi connectivity index (χ1n) is 9.41. The first-order chi connectivity index (χ1) is 14.3. The number of amidine groups is 1. The second kappa shape index (κ2) is 7.75. The van der Waals surface area contributed by atoms with Crippen molar-refractivity contribution in [2.45, 2.75) is 17.7 Å². The van der Waals surface area contributed by atoms with Gasteiger partial charge in [0.15, 0.2) is 0 Å². The van der Waals surface area contributed by atoms with Crippen molar-refractivity contribution in [2.75, 3.05) is 11.9 Å². The van der Waals surface area contributed by atoms with Crippen molar-refractivity contribution < 1.29 is 13.2 Å². The molecule has 154 valence electrons. The summed E-state index contributed by atoms with van der Waals surface area (Å²) >= 11 is 0. The molecule has 1 amide bonds. The predicted molar refractivity (Wildman–Crippen MR) is 115 cm³/mol. The zero-order valence-corrected chi connectivity index (χ0v) is 17.1. The first-order valence-corrected chi connectivity index (χ1v) is 10.9. The van der Waals surface area contributed by atoms with Crippen LogP contribution in [-0.2, 0) is 17.1 Å². The molecule has 9 heteroatoms. The van der Waals surface area contributed by atoms with Crippen molar-refractivity contribution in [2.24, 2.45) is 12.0 Å². The summed E-state index contributed by atoms with van der Waals surface area (Å²) in [5, 5.41) is 3.32. The number of hydrogen-bond donors (Lipinski definition) is 2. The van der Waals surface area contributed by atoms with E-state index in [1.165, 1.54) is 22.8 Å². The molecule has 0 aliphatic carbocycles. The number of pyridine rings is 1. The van der Waals surface area contributed by atoms with Gasteiger partial charge in [-0.25, -0.2) is 8.42 Å². The van der Waals surface area contributed by atoms with Gasteiger partial charge in [0.2, 0.25) is 0 Å². The monoisotopic (exact) mass is 424 g/mol. The smallest absolute Gasteiger partial charge is 0.262 e. The van der Waals surface area contributed by atoms with Crippen molar-refractivity contribution >= 4 is 38.4 Å². The highest BCUT2D eigenvalue weighted by atomic mass is 32.2. The number of carbonyl (C=O) groups is 1. The lowest BCUT2D eigenvalue weighted by Gasteiger charge is -2.12.